The van der Waals surface area contributed by atoms with Crippen LogP contribution >= 0.6 is 0 Å². The predicted octanol–water partition coefficient (Wildman–Crippen LogP) is -0.540. The summed E-state index contributed by atoms with van der Waals surface area (Å²) in [5.74, 6) is 3.56. The third-order valence-electron chi connectivity index (χ3n) is 5.43. The predicted molar refractivity (Wildman–Crippen MR) is 85.8 cm³/mol. The molecule has 0 aliphatic heterocycles. The fourth-order valence-electron chi connectivity index (χ4n) is 4.10. The Morgan fingerprint density at radius 1 is 1.04 bits per heavy atom. The van der Waals surface area contributed by atoms with Gasteiger partial charge in [0.1, 0.15) is 0 Å². The molecule has 124 valence electrons. The average Bonchev–Trinajstić information content (AvgIpc) is 3.03. The van der Waals surface area contributed by atoms with E-state index in [9.17, 15) is 0 Å². The topological polar surface area (TPSA) is 0 Å². The summed E-state index contributed by atoms with van der Waals surface area (Å²) in [5.41, 5.74) is 2.71. The molecule has 4 aliphatic carbocycles. The first-order valence-corrected chi connectivity index (χ1v) is 8.20. The van der Waals surface area contributed by atoms with Gasteiger partial charge < -0.3 is 31.2 Å². The Bertz CT molecular complexity index is 460. The van der Waals surface area contributed by atoms with E-state index in [1.54, 1.807) is 0 Å². The zero-order valence-corrected chi connectivity index (χ0v) is 18.0. The Kier molecular flexibility index (Phi) is 11.3. The maximum absolute atomic E-state index is 3.19. The summed E-state index contributed by atoms with van der Waals surface area (Å²) in [6, 6.07) is 0. The summed E-state index contributed by atoms with van der Waals surface area (Å²) < 4.78 is 0. The molecule has 4 aliphatic rings. The van der Waals surface area contributed by atoms with Crippen LogP contribution in [0, 0.1) is 36.2 Å². The van der Waals surface area contributed by atoms with Crippen molar-refractivity contribution in [1.29, 1.82) is 0 Å². The maximum atomic E-state index is 3.19. The van der Waals surface area contributed by atoms with Crippen LogP contribution in [-0.4, -0.2) is 0 Å². The molecule has 0 aromatic heterocycles. The van der Waals surface area contributed by atoms with Gasteiger partial charge in [0.05, 0.1) is 0 Å². The molecule has 2 saturated carbocycles. The van der Waals surface area contributed by atoms with E-state index >= 15 is 0 Å². The first kappa shape index (κ1) is 23.4. The Morgan fingerprint density at radius 3 is 2.35 bits per heavy atom. The van der Waals surface area contributed by atoms with Gasteiger partial charge in [-0.1, -0.05) is 56.8 Å². The summed E-state index contributed by atoms with van der Waals surface area (Å²) in [6.45, 7) is 4.22. The Morgan fingerprint density at radius 2 is 1.74 bits per heavy atom. The van der Waals surface area contributed by atoms with Crippen molar-refractivity contribution >= 4 is 0 Å². The summed E-state index contributed by atoms with van der Waals surface area (Å²) in [7, 11) is 0. The van der Waals surface area contributed by atoms with Crippen molar-refractivity contribution in [2.75, 3.05) is 0 Å². The molecule has 0 saturated heterocycles. The fourth-order valence-corrected chi connectivity index (χ4v) is 4.10. The van der Waals surface area contributed by atoms with Crippen molar-refractivity contribution in [2.45, 2.75) is 46.0 Å². The van der Waals surface area contributed by atoms with E-state index in [-0.39, 0.29) is 51.0 Å². The average molecular weight is 429 g/mol. The molecule has 0 amide bonds. The monoisotopic (exact) mass is 426 g/mol. The summed E-state index contributed by atoms with van der Waals surface area (Å²) in [6.07, 6.45) is 24.2. The molecule has 0 nitrogen and oxygen atoms in total. The van der Waals surface area contributed by atoms with Crippen LogP contribution in [0.5, 0.6) is 0 Å². The molecule has 4 atom stereocenters. The van der Waals surface area contributed by atoms with Crippen molar-refractivity contribution in [1.82, 2.24) is 0 Å². The molecular weight excluding hydrogens is 402 g/mol. The summed E-state index contributed by atoms with van der Waals surface area (Å²) >= 11 is 0. The second kappa shape index (κ2) is 11.1. The van der Waals surface area contributed by atoms with Crippen LogP contribution in [0.25, 0.3) is 0 Å². The molecule has 0 spiro atoms. The molecule has 3 heteroatoms. The smallest absolute Gasteiger partial charge is 1.00 e. The van der Waals surface area contributed by atoms with Crippen LogP contribution in [0.4, 0.5) is 0 Å². The maximum Gasteiger partial charge on any atom is 4.00 e. The molecule has 2 fully saturated rings. The van der Waals surface area contributed by atoms with Gasteiger partial charge in [0.15, 0.2) is 0 Å². The Labute approximate surface area is 173 Å². The summed E-state index contributed by atoms with van der Waals surface area (Å²) in [4.78, 5) is 0. The van der Waals surface area contributed by atoms with Gasteiger partial charge in [0, 0.05) is 0 Å². The normalized spacial score (nSPS) is 32.6. The van der Waals surface area contributed by atoms with E-state index < -0.39 is 0 Å². The van der Waals surface area contributed by atoms with E-state index in [2.05, 4.69) is 56.7 Å². The molecule has 0 heterocycles. The molecule has 23 heavy (non-hydrogen) atoms. The number of hydrogen-bond donors (Lipinski definition) is 0. The van der Waals surface area contributed by atoms with Crippen molar-refractivity contribution in [2.24, 2.45) is 23.7 Å². The first-order valence-electron chi connectivity index (χ1n) is 8.20. The van der Waals surface area contributed by atoms with Gasteiger partial charge in [-0.3, -0.25) is 6.08 Å². The van der Waals surface area contributed by atoms with Crippen molar-refractivity contribution < 1.29 is 51.0 Å². The number of allylic oxidation sites excluding steroid dienone is 8. The third-order valence-corrected chi connectivity index (χ3v) is 5.43. The minimum Gasteiger partial charge on any atom is -1.00 e. The van der Waals surface area contributed by atoms with Gasteiger partial charge in [-0.05, 0) is 5.92 Å². The SMILES string of the molecule is C1=CC2[CH-]C3CCCCC3C2C=C1.CC1=[C-]CC=C1C.[Cl-].[Cl-].[Zr+4]. The largest absolute Gasteiger partial charge is 4.00 e. The molecular formula is C20H26Cl2Zr. The molecule has 0 N–H and O–H groups in total. The summed E-state index contributed by atoms with van der Waals surface area (Å²) in [5, 5.41) is 0. The minimum atomic E-state index is 0. The second-order valence-corrected chi connectivity index (χ2v) is 6.62. The molecule has 0 radical (unpaired) electrons. The number of hydrogen-bond acceptors (Lipinski definition) is 0. The van der Waals surface area contributed by atoms with Crippen LogP contribution in [0.15, 0.2) is 41.5 Å². The van der Waals surface area contributed by atoms with Gasteiger partial charge >= 0.3 is 26.2 Å². The van der Waals surface area contributed by atoms with Gasteiger partial charge in [-0.25, -0.2) is 11.1 Å². The van der Waals surface area contributed by atoms with Gasteiger partial charge in [0.2, 0.25) is 0 Å². The molecule has 4 unspecified atom stereocenters. The first-order chi connectivity index (χ1) is 9.75. The van der Waals surface area contributed by atoms with Crippen molar-refractivity contribution in [3.8, 4) is 0 Å². The van der Waals surface area contributed by atoms with Crippen LogP contribution in [0.2, 0.25) is 0 Å². The van der Waals surface area contributed by atoms with Gasteiger partial charge in [-0.15, -0.1) is 25.3 Å². The van der Waals surface area contributed by atoms with E-state index in [1.165, 1.54) is 36.8 Å². The number of rotatable bonds is 0. The molecule has 0 aromatic carbocycles. The van der Waals surface area contributed by atoms with E-state index in [0.717, 1.165) is 30.1 Å². The fraction of sp³-hybridized carbons (Fsp3) is 0.550. The van der Waals surface area contributed by atoms with Crippen molar-refractivity contribution in [3.05, 3.63) is 54.0 Å². The quantitative estimate of drug-likeness (QED) is 0.455. The van der Waals surface area contributed by atoms with Crippen LogP contribution < -0.4 is 24.8 Å². The van der Waals surface area contributed by atoms with Gasteiger partial charge in [-0.2, -0.15) is 12.0 Å². The zero-order valence-electron chi connectivity index (χ0n) is 14.1. The van der Waals surface area contributed by atoms with E-state index in [0.29, 0.717) is 0 Å². The van der Waals surface area contributed by atoms with Gasteiger partial charge in [0.25, 0.3) is 0 Å². The zero-order chi connectivity index (χ0) is 13.9. The standard InChI is InChI=1S/C13H17.C7H9.2ClH.Zr/c1-3-7-12-10(5-1)9-11-6-2-4-8-13(11)12;1-6-4-3-5-7(6)2;;;/h1,3,5,7,9-13H,2,4,6,8H2;4H,3H2,1-2H3;2*1H;/q2*-1;;;+4/p-2. The van der Waals surface area contributed by atoms with Crippen LogP contribution in [0.1, 0.15) is 46.0 Å². The Hall–Kier alpha value is 0.423. The molecule has 0 aromatic rings. The minimum absolute atomic E-state index is 0. The third kappa shape index (κ3) is 5.72. The number of halogens is 2. The molecule has 0 bridgehead atoms. The van der Waals surface area contributed by atoms with Crippen LogP contribution in [0.3, 0.4) is 0 Å². The van der Waals surface area contributed by atoms with E-state index in [1.807, 2.05) is 0 Å². The van der Waals surface area contributed by atoms with E-state index in [4.69, 9.17) is 0 Å². The second-order valence-electron chi connectivity index (χ2n) is 6.62. The van der Waals surface area contributed by atoms with Crippen molar-refractivity contribution in [3.63, 3.8) is 0 Å². The molecule has 4 rings (SSSR count). The Balaban J connectivity index is 0.000000426. The number of fused-ring (bicyclic) bond motifs is 3. The van der Waals surface area contributed by atoms with Crippen LogP contribution in [-0.2, 0) is 26.2 Å².